The van der Waals surface area contributed by atoms with Gasteiger partial charge < -0.3 is 15.2 Å². The van der Waals surface area contributed by atoms with E-state index in [0.717, 1.165) is 3.97 Å². The van der Waals surface area contributed by atoms with Crippen LogP contribution in [0.2, 0.25) is 0 Å². The fourth-order valence-electron chi connectivity index (χ4n) is 2.26. The third-order valence-electron chi connectivity index (χ3n) is 3.38. The Kier molecular flexibility index (Phi) is 5.17. The number of nitrogens with zero attached hydrogens (tertiary/aromatic N) is 1. The van der Waals surface area contributed by atoms with Gasteiger partial charge in [0.2, 0.25) is 0 Å². The van der Waals surface area contributed by atoms with Crippen LogP contribution in [0.25, 0.3) is 0 Å². The largest absolute Gasteiger partial charge is 0.465 e. The molecule has 2 N–H and O–H groups in total. The quantitative estimate of drug-likeness (QED) is 0.630. The number of aryl methyl sites for hydroxylation is 1. The van der Waals surface area contributed by atoms with E-state index in [1.54, 1.807) is 13.8 Å². The van der Waals surface area contributed by atoms with Gasteiger partial charge in [-0.1, -0.05) is 0 Å². The molecule has 1 aromatic carbocycles. The highest BCUT2D eigenvalue weighted by molar-refractivity contribution is 7.90. The first-order valence-electron chi connectivity index (χ1n) is 7.32. The zero-order valence-corrected chi connectivity index (χ0v) is 14.8. The van der Waals surface area contributed by atoms with Crippen molar-refractivity contribution in [2.75, 3.05) is 19.5 Å². The molecule has 0 unspecified atom stereocenters. The molecule has 1 heterocycles. The van der Waals surface area contributed by atoms with Crippen molar-refractivity contribution in [2.24, 2.45) is 0 Å². The van der Waals surface area contributed by atoms with Gasteiger partial charge in [0.25, 0.3) is 10.0 Å². The third kappa shape index (κ3) is 3.50. The molecule has 0 aliphatic carbocycles. The molecule has 2 rings (SSSR count). The van der Waals surface area contributed by atoms with E-state index >= 15 is 0 Å². The number of nitrogens with two attached hydrogens (primary N) is 1. The van der Waals surface area contributed by atoms with Crippen LogP contribution in [0.1, 0.15) is 33.3 Å². The van der Waals surface area contributed by atoms with Gasteiger partial charge in [-0.05, 0) is 43.7 Å². The van der Waals surface area contributed by atoms with Crippen molar-refractivity contribution in [1.82, 2.24) is 3.97 Å². The normalized spacial score (nSPS) is 11.2. The fourth-order valence-corrected chi connectivity index (χ4v) is 3.76. The molecule has 1 aromatic heterocycles. The second kappa shape index (κ2) is 6.98. The molecule has 0 amide bonds. The maximum atomic E-state index is 12.9. The van der Waals surface area contributed by atoms with E-state index in [1.807, 2.05) is 0 Å². The van der Waals surface area contributed by atoms with Gasteiger partial charge >= 0.3 is 11.9 Å². The number of hydrogen-bond donors (Lipinski definition) is 1. The van der Waals surface area contributed by atoms with Gasteiger partial charge in [0.1, 0.15) is 10.6 Å². The van der Waals surface area contributed by atoms with Crippen LogP contribution in [-0.4, -0.2) is 38.0 Å². The van der Waals surface area contributed by atoms with Gasteiger partial charge in [-0.3, -0.25) is 0 Å². The smallest absolute Gasteiger partial charge is 0.356 e. The summed E-state index contributed by atoms with van der Waals surface area (Å²) in [6, 6.07) is 5.10. The van der Waals surface area contributed by atoms with Crippen LogP contribution in [0.3, 0.4) is 0 Å². The number of rotatable bonds is 5. The zero-order valence-electron chi connectivity index (χ0n) is 14.0. The van der Waals surface area contributed by atoms with E-state index in [-0.39, 0.29) is 28.4 Å². The molecule has 0 atom stereocenters. The average molecular weight is 366 g/mol. The molecule has 2 aromatic rings. The molecular weight excluding hydrogens is 348 g/mol. The highest BCUT2D eigenvalue weighted by atomic mass is 32.2. The zero-order chi connectivity index (χ0) is 18.8. The van der Waals surface area contributed by atoms with Crippen LogP contribution in [-0.2, 0) is 19.5 Å². The molecule has 0 bridgehead atoms. The predicted octanol–water partition coefficient (Wildman–Crippen LogP) is 1.58. The molecule has 0 aliphatic heterocycles. The predicted molar refractivity (Wildman–Crippen MR) is 89.9 cm³/mol. The molecule has 8 nitrogen and oxygen atoms in total. The topological polar surface area (TPSA) is 118 Å². The maximum absolute atomic E-state index is 12.9. The summed E-state index contributed by atoms with van der Waals surface area (Å²) in [5.74, 6) is -1.40. The van der Waals surface area contributed by atoms with Crippen LogP contribution < -0.4 is 5.73 Å². The van der Waals surface area contributed by atoms with Crippen molar-refractivity contribution in [3.8, 4) is 0 Å². The number of methoxy groups -OCH3 is 1. The van der Waals surface area contributed by atoms with Gasteiger partial charge in [-0.15, -0.1) is 0 Å². The van der Waals surface area contributed by atoms with Crippen LogP contribution >= 0.6 is 0 Å². The van der Waals surface area contributed by atoms with E-state index < -0.39 is 22.0 Å². The van der Waals surface area contributed by atoms with Crippen molar-refractivity contribution >= 4 is 27.6 Å². The van der Waals surface area contributed by atoms with Crippen LogP contribution in [0.4, 0.5) is 5.69 Å². The Morgan fingerprint density at radius 1 is 1.20 bits per heavy atom. The number of carbonyl (C=O) groups excluding carboxylic acids is 2. The van der Waals surface area contributed by atoms with E-state index in [1.165, 1.54) is 37.6 Å². The summed E-state index contributed by atoms with van der Waals surface area (Å²) in [4.78, 5) is 23.3. The average Bonchev–Trinajstić information content (AvgIpc) is 2.96. The lowest BCUT2D eigenvalue weighted by Crippen LogP contribution is -2.20. The number of benzene rings is 1. The molecule has 0 spiro atoms. The summed E-state index contributed by atoms with van der Waals surface area (Å²) in [7, 11) is -2.95. The molecular formula is C16H18N2O6S. The van der Waals surface area contributed by atoms with Crippen LogP contribution in [0, 0.1) is 6.92 Å². The highest BCUT2D eigenvalue weighted by Crippen LogP contribution is 2.25. The van der Waals surface area contributed by atoms with E-state index in [2.05, 4.69) is 4.74 Å². The minimum atomic E-state index is -4.15. The number of aromatic nitrogens is 1. The summed E-state index contributed by atoms with van der Waals surface area (Å²) >= 11 is 0. The molecule has 0 saturated heterocycles. The highest BCUT2D eigenvalue weighted by Gasteiger charge is 2.27. The molecule has 25 heavy (non-hydrogen) atoms. The standard InChI is InChI=1S/C16H18N2O6S/c1-4-24-16(20)13-7-10(2)9-18(13)25(21,22)14-6-5-11(8-12(14)17)15(19)23-3/h5-9H,4,17H2,1-3H3. The van der Waals surface area contributed by atoms with Gasteiger partial charge in [0.05, 0.1) is 25.0 Å². The van der Waals surface area contributed by atoms with E-state index in [4.69, 9.17) is 10.5 Å². The van der Waals surface area contributed by atoms with E-state index in [0.29, 0.717) is 5.56 Å². The van der Waals surface area contributed by atoms with Crippen molar-refractivity contribution in [3.05, 3.63) is 47.3 Å². The molecule has 0 aliphatic rings. The second-order valence-electron chi connectivity index (χ2n) is 5.17. The SMILES string of the molecule is CCOC(=O)c1cc(C)cn1S(=O)(=O)c1ccc(C(=O)OC)cc1N. The molecule has 9 heteroatoms. The summed E-state index contributed by atoms with van der Waals surface area (Å²) in [6.07, 6.45) is 1.30. The van der Waals surface area contributed by atoms with Crippen LogP contribution in [0.15, 0.2) is 35.4 Å². The molecule has 0 fully saturated rings. The lowest BCUT2D eigenvalue weighted by Gasteiger charge is -2.12. The molecule has 134 valence electrons. The molecule has 0 radical (unpaired) electrons. The second-order valence-corrected chi connectivity index (χ2v) is 6.95. The Hall–Kier alpha value is -2.81. The third-order valence-corrected chi connectivity index (χ3v) is 5.12. The van der Waals surface area contributed by atoms with Crippen molar-refractivity contribution in [2.45, 2.75) is 18.7 Å². The lowest BCUT2D eigenvalue weighted by atomic mass is 10.2. The number of ether oxygens (including phenoxy) is 2. The number of nitrogen functional groups attached to an aromatic ring is 1. The summed E-state index contributed by atoms with van der Waals surface area (Å²) in [5.41, 5.74) is 6.23. The van der Waals surface area contributed by atoms with Gasteiger partial charge in [-0.2, -0.15) is 0 Å². The Labute approximate surface area is 145 Å². The van der Waals surface area contributed by atoms with Crippen molar-refractivity contribution in [1.29, 1.82) is 0 Å². The Bertz CT molecular complexity index is 930. The van der Waals surface area contributed by atoms with Gasteiger partial charge in [0.15, 0.2) is 0 Å². The summed E-state index contributed by atoms with van der Waals surface area (Å²) in [6.45, 7) is 3.38. The minimum absolute atomic E-state index is 0.110. The van der Waals surface area contributed by atoms with Gasteiger partial charge in [-0.25, -0.2) is 22.0 Å². The Morgan fingerprint density at radius 3 is 2.44 bits per heavy atom. The Balaban J connectivity index is 2.57. The first kappa shape index (κ1) is 18.5. The summed E-state index contributed by atoms with van der Waals surface area (Å²) < 4.78 is 36.1. The monoisotopic (exact) mass is 366 g/mol. The number of anilines is 1. The van der Waals surface area contributed by atoms with Gasteiger partial charge in [0, 0.05) is 6.20 Å². The van der Waals surface area contributed by atoms with Crippen LogP contribution in [0.5, 0.6) is 0 Å². The fraction of sp³-hybridized carbons (Fsp3) is 0.250. The minimum Gasteiger partial charge on any atom is -0.465 e. The first-order valence-corrected chi connectivity index (χ1v) is 8.76. The maximum Gasteiger partial charge on any atom is 0.356 e. The lowest BCUT2D eigenvalue weighted by molar-refractivity contribution is 0.0517. The van der Waals surface area contributed by atoms with E-state index in [9.17, 15) is 18.0 Å². The first-order chi connectivity index (χ1) is 11.7. The number of carbonyl (C=O) groups is 2. The number of hydrogen-bond acceptors (Lipinski definition) is 7. The van der Waals surface area contributed by atoms with Crippen molar-refractivity contribution < 1.29 is 27.5 Å². The molecule has 0 saturated carbocycles. The summed E-state index contributed by atoms with van der Waals surface area (Å²) in [5, 5.41) is 0. The van der Waals surface area contributed by atoms with Crippen molar-refractivity contribution in [3.63, 3.8) is 0 Å². The Morgan fingerprint density at radius 2 is 1.88 bits per heavy atom. The number of esters is 2.